The Balaban J connectivity index is 1.80. The number of rotatable bonds is 8. The van der Waals surface area contributed by atoms with Crippen molar-refractivity contribution in [2.45, 2.75) is 26.3 Å². The van der Waals surface area contributed by atoms with Crippen LogP contribution in [0, 0.1) is 5.82 Å². The molecule has 2 aromatic carbocycles. The van der Waals surface area contributed by atoms with Gasteiger partial charge < -0.3 is 19.0 Å². The topological polar surface area (TPSA) is 63.0 Å². The molecule has 2 heterocycles. The zero-order valence-corrected chi connectivity index (χ0v) is 18.6. The molecule has 1 amide bonds. The molecule has 0 unspecified atom stereocenters. The van der Waals surface area contributed by atoms with Crippen molar-refractivity contribution in [3.63, 3.8) is 0 Å². The summed E-state index contributed by atoms with van der Waals surface area (Å²) in [5.74, 6) is -0.107. The van der Waals surface area contributed by atoms with Crippen LogP contribution in [0.4, 0.5) is 4.39 Å². The molecule has 1 aromatic heterocycles. The number of hydrogen-bond donors (Lipinski definition) is 0. The Bertz CT molecular complexity index is 1190. The van der Waals surface area contributed by atoms with E-state index in [1.54, 1.807) is 35.2 Å². The molecule has 168 valence electrons. The van der Waals surface area contributed by atoms with Crippen LogP contribution in [0.3, 0.4) is 0 Å². The van der Waals surface area contributed by atoms with Crippen molar-refractivity contribution in [3.8, 4) is 5.75 Å². The number of amides is 1. The van der Waals surface area contributed by atoms with E-state index in [2.05, 4.69) is 18.7 Å². The molecule has 7 heteroatoms. The van der Waals surface area contributed by atoms with Crippen LogP contribution >= 0.6 is 0 Å². The number of carbonyl (C=O) groups is 1. The van der Waals surface area contributed by atoms with Crippen molar-refractivity contribution in [1.82, 2.24) is 9.80 Å². The van der Waals surface area contributed by atoms with Gasteiger partial charge in [-0.25, -0.2) is 4.39 Å². The molecular weight excluding hydrogens is 411 g/mol. The molecule has 0 N–H and O–H groups in total. The smallest absolute Gasteiger partial charge is 0.290 e. The first-order chi connectivity index (χ1) is 15.5. The van der Waals surface area contributed by atoms with Gasteiger partial charge in [0.1, 0.15) is 17.1 Å². The van der Waals surface area contributed by atoms with Crippen LogP contribution in [0.2, 0.25) is 0 Å². The fourth-order valence-electron chi connectivity index (χ4n) is 4.35. The Hall–Kier alpha value is -3.19. The molecule has 32 heavy (non-hydrogen) atoms. The molecular formula is C25H27FN2O4. The number of methoxy groups -OCH3 is 1. The van der Waals surface area contributed by atoms with Crippen LogP contribution in [0.5, 0.6) is 5.75 Å². The molecule has 0 bridgehead atoms. The molecule has 4 rings (SSSR count). The number of carbonyl (C=O) groups excluding carboxylic acids is 1. The van der Waals surface area contributed by atoms with E-state index in [1.165, 1.54) is 19.2 Å². The standard InChI is InChI=1S/C25H27FN2O4/c1-4-27(5-2)13-6-14-28-22(16-7-9-17(26)10-8-16)21-23(29)19-12-11-18(31-3)15-20(19)32-24(21)25(28)30/h7-12,15,22H,4-6,13-14H2,1-3H3/t22-/m1/s1. The average molecular weight is 438 g/mol. The van der Waals surface area contributed by atoms with Gasteiger partial charge >= 0.3 is 0 Å². The summed E-state index contributed by atoms with van der Waals surface area (Å²) >= 11 is 0. The van der Waals surface area contributed by atoms with Gasteiger partial charge in [0, 0.05) is 12.6 Å². The first-order valence-corrected chi connectivity index (χ1v) is 10.9. The molecule has 0 spiro atoms. The summed E-state index contributed by atoms with van der Waals surface area (Å²) in [7, 11) is 1.53. The number of ether oxygens (including phenoxy) is 1. The SMILES string of the molecule is CCN(CC)CCCN1C(=O)c2oc3cc(OC)ccc3c(=O)c2[C@H]1c1ccc(F)cc1. The van der Waals surface area contributed by atoms with Gasteiger partial charge in [0.05, 0.1) is 24.1 Å². The first kappa shape index (κ1) is 22.0. The molecule has 0 saturated heterocycles. The summed E-state index contributed by atoms with van der Waals surface area (Å²) in [6.07, 6.45) is 0.751. The van der Waals surface area contributed by atoms with E-state index in [0.717, 1.165) is 26.1 Å². The van der Waals surface area contributed by atoms with Crippen LogP contribution in [0.25, 0.3) is 11.0 Å². The highest BCUT2D eigenvalue weighted by atomic mass is 19.1. The maximum absolute atomic E-state index is 13.6. The highest BCUT2D eigenvalue weighted by Gasteiger charge is 2.42. The molecule has 0 fully saturated rings. The maximum Gasteiger partial charge on any atom is 0.290 e. The highest BCUT2D eigenvalue weighted by molar-refractivity contribution is 5.99. The minimum atomic E-state index is -0.613. The zero-order valence-electron chi connectivity index (χ0n) is 18.6. The summed E-state index contributed by atoms with van der Waals surface area (Å²) in [6.45, 7) is 7.36. The van der Waals surface area contributed by atoms with E-state index in [1.807, 2.05) is 0 Å². The molecule has 0 aliphatic carbocycles. The van der Waals surface area contributed by atoms with Crippen LogP contribution in [-0.2, 0) is 0 Å². The third kappa shape index (κ3) is 3.88. The van der Waals surface area contributed by atoms with E-state index in [9.17, 15) is 14.0 Å². The normalized spacial score (nSPS) is 15.6. The summed E-state index contributed by atoms with van der Waals surface area (Å²) in [5, 5.41) is 0.384. The van der Waals surface area contributed by atoms with Gasteiger partial charge in [0.15, 0.2) is 5.43 Å². The predicted octanol–water partition coefficient (Wildman–Crippen LogP) is 4.22. The number of benzene rings is 2. The van der Waals surface area contributed by atoms with Crippen molar-refractivity contribution in [3.05, 3.63) is 75.4 Å². The Morgan fingerprint density at radius 1 is 1.09 bits per heavy atom. The van der Waals surface area contributed by atoms with Gasteiger partial charge in [-0.1, -0.05) is 26.0 Å². The van der Waals surface area contributed by atoms with Gasteiger partial charge in [-0.15, -0.1) is 0 Å². The highest BCUT2D eigenvalue weighted by Crippen LogP contribution is 2.38. The van der Waals surface area contributed by atoms with Crippen molar-refractivity contribution in [1.29, 1.82) is 0 Å². The third-order valence-corrected chi connectivity index (χ3v) is 6.13. The van der Waals surface area contributed by atoms with Crippen LogP contribution in [0.1, 0.15) is 48.0 Å². The van der Waals surface area contributed by atoms with Gasteiger partial charge in [-0.3, -0.25) is 9.59 Å². The average Bonchev–Trinajstić information content (AvgIpc) is 3.09. The Morgan fingerprint density at radius 3 is 2.47 bits per heavy atom. The van der Waals surface area contributed by atoms with Gasteiger partial charge in [-0.05, 0) is 55.9 Å². The number of fused-ring (bicyclic) bond motifs is 2. The lowest BCUT2D eigenvalue weighted by atomic mass is 9.98. The van der Waals surface area contributed by atoms with Crippen LogP contribution in [0.15, 0.2) is 51.7 Å². The van der Waals surface area contributed by atoms with E-state index in [-0.39, 0.29) is 22.9 Å². The number of hydrogen-bond acceptors (Lipinski definition) is 5. The summed E-state index contributed by atoms with van der Waals surface area (Å²) in [5.41, 5.74) is 1.05. The quantitative estimate of drug-likeness (QED) is 0.527. The fourth-order valence-corrected chi connectivity index (χ4v) is 4.35. The summed E-state index contributed by atoms with van der Waals surface area (Å²) in [6, 6.07) is 10.3. The minimum Gasteiger partial charge on any atom is -0.497 e. The second-order valence-electron chi connectivity index (χ2n) is 7.87. The van der Waals surface area contributed by atoms with E-state index < -0.39 is 6.04 Å². The second-order valence-corrected chi connectivity index (χ2v) is 7.87. The second kappa shape index (κ2) is 9.12. The van der Waals surface area contributed by atoms with Gasteiger partial charge in [0.25, 0.3) is 5.91 Å². The molecule has 1 atom stereocenters. The molecule has 1 aliphatic rings. The van der Waals surface area contributed by atoms with Gasteiger partial charge in [-0.2, -0.15) is 0 Å². The molecule has 0 radical (unpaired) electrons. The summed E-state index contributed by atoms with van der Waals surface area (Å²) < 4.78 is 24.8. The number of halogens is 1. The fraction of sp³-hybridized carbons (Fsp3) is 0.360. The predicted molar refractivity (Wildman–Crippen MR) is 121 cm³/mol. The first-order valence-electron chi connectivity index (χ1n) is 10.9. The molecule has 0 saturated carbocycles. The third-order valence-electron chi connectivity index (χ3n) is 6.13. The van der Waals surface area contributed by atoms with Crippen LogP contribution < -0.4 is 10.2 Å². The Labute approximate surface area is 186 Å². The van der Waals surface area contributed by atoms with Crippen molar-refractivity contribution in [2.75, 3.05) is 33.3 Å². The number of nitrogens with zero attached hydrogens (tertiary/aromatic N) is 2. The lowest BCUT2D eigenvalue weighted by Gasteiger charge is -2.26. The largest absolute Gasteiger partial charge is 0.497 e. The molecule has 3 aromatic rings. The summed E-state index contributed by atoms with van der Waals surface area (Å²) in [4.78, 5) is 30.8. The lowest BCUT2D eigenvalue weighted by molar-refractivity contribution is 0.0720. The van der Waals surface area contributed by atoms with Crippen LogP contribution in [-0.4, -0.2) is 49.0 Å². The Morgan fingerprint density at radius 2 is 1.81 bits per heavy atom. The molecule has 6 nitrogen and oxygen atoms in total. The van der Waals surface area contributed by atoms with E-state index in [4.69, 9.17) is 9.15 Å². The zero-order chi connectivity index (χ0) is 22.8. The van der Waals surface area contributed by atoms with Crippen molar-refractivity contribution in [2.24, 2.45) is 0 Å². The van der Waals surface area contributed by atoms with E-state index >= 15 is 0 Å². The minimum absolute atomic E-state index is 0.0490. The monoisotopic (exact) mass is 438 g/mol. The molecule has 1 aliphatic heterocycles. The van der Waals surface area contributed by atoms with Crippen molar-refractivity contribution >= 4 is 16.9 Å². The lowest BCUT2D eigenvalue weighted by Crippen LogP contribution is -2.33. The van der Waals surface area contributed by atoms with Gasteiger partial charge in [0.2, 0.25) is 5.76 Å². The Kier molecular flexibility index (Phi) is 6.28. The maximum atomic E-state index is 13.6. The van der Waals surface area contributed by atoms with E-state index in [0.29, 0.717) is 34.4 Å². The van der Waals surface area contributed by atoms with Crippen molar-refractivity contribution < 1.29 is 18.3 Å².